The van der Waals surface area contributed by atoms with Crippen LogP contribution in [0.3, 0.4) is 0 Å². The number of benzene rings is 2. The highest BCUT2D eigenvalue weighted by atomic mass is 35.5. The van der Waals surface area contributed by atoms with Gasteiger partial charge in [0.2, 0.25) is 5.91 Å². The Labute approximate surface area is 215 Å². The zero-order valence-electron chi connectivity index (χ0n) is 19.8. The van der Waals surface area contributed by atoms with E-state index in [1.165, 1.54) is 24.3 Å². The van der Waals surface area contributed by atoms with Crippen molar-refractivity contribution in [2.24, 2.45) is 0 Å². The van der Waals surface area contributed by atoms with E-state index in [1.54, 1.807) is 17.0 Å². The number of rotatable bonds is 6. The lowest BCUT2D eigenvalue weighted by molar-refractivity contribution is -0.127. The number of amidine groups is 1. The number of aliphatic hydroxyl groups excluding tert-OH is 1. The lowest BCUT2D eigenvalue weighted by atomic mass is 9.85. The van der Waals surface area contributed by atoms with Crippen LogP contribution in [0.15, 0.2) is 79.1 Å². The highest BCUT2D eigenvalue weighted by Gasteiger charge is 2.31. The van der Waals surface area contributed by atoms with Gasteiger partial charge in [0.05, 0.1) is 5.92 Å². The predicted octanol–water partition coefficient (Wildman–Crippen LogP) is 5.04. The Kier molecular flexibility index (Phi) is 7.70. The standard InChI is InChI=1S/C28H28ClFN4O2/c1-2-26(36)33-11-13-34(14-12-33)28(32)20-17-22(29)21(27-23(30)9-6-10-25(27)35)16-19(20)24(31)15-18-7-4-3-5-8-18/h2-10,16-17,23,27,31-32,35H,1,11-15H2. The van der Waals surface area contributed by atoms with Gasteiger partial charge >= 0.3 is 0 Å². The maximum atomic E-state index is 14.8. The second-order valence-electron chi connectivity index (χ2n) is 8.82. The Morgan fingerprint density at radius 1 is 1.11 bits per heavy atom. The smallest absolute Gasteiger partial charge is 0.246 e. The van der Waals surface area contributed by atoms with Gasteiger partial charge in [-0.15, -0.1) is 0 Å². The summed E-state index contributed by atoms with van der Waals surface area (Å²) in [5, 5.41) is 28.5. The SMILES string of the molecule is C=CC(=O)N1CCN(C(=N)c2cc(Cl)c(C3C(O)=CC=CC3F)cc2C(=N)Cc2ccccc2)CC1. The van der Waals surface area contributed by atoms with E-state index in [9.17, 15) is 14.3 Å². The number of aliphatic hydroxyl groups is 1. The number of carbonyl (C=O) groups is 1. The van der Waals surface area contributed by atoms with Crippen LogP contribution in [0.2, 0.25) is 5.02 Å². The molecule has 3 N–H and O–H groups in total. The summed E-state index contributed by atoms with van der Waals surface area (Å²) in [6.45, 7) is 5.34. The summed E-state index contributed by atoms with van der Waals surface area (Å²) in [6.07, 6.45) is 4.38. The highest BCUT2D eigenvalue weighted by molar-refractivity contribution is 6.32. The molecule has 1 aliphatic carbocycles. The van der Waals surface area contributed by atoms with Gasteiger partial charge in [-0.25, -0.2) is 4.39 Å². The summed E-state index contributed by atoms with van der Waals surface area (Å²) < 4.78 is 14.8. The van der Waals surface area contributed by atoms with E-state index in [0.717, 1.165) is 5.56 Å². The van der Waals surface area contributed by atoms with Crippen molar-refractivity contribution >= 4 is 29.1 Å². The second kappa shape index (κ2) is 10.9. The van der Waals surface area contributed by atoms with Crippen molar-refractivity contribution in [3.8, 4) is 0 Å². The second-order valence-corrected chi connectivity index (χ2v) is 9.23. The molecule has 0 aromatic heterocycles. The zero-order chi connectivity index (χ0) is 25.8. The third kappa shape index (κ3) is 5.26. The molecule has 2 aliphatic rings. The number of nitrogens with one attached hydrogen (secondary N) is 2. The van der Waals surface area contributed by atoms with Crippen LogP contribution < -0.4 is 0 Å². The lowest BCUT2D eigenvalue weighted by Crippen LogP contribution is -2.50. The van der Waals surface area contributed by atoms with Crippen molar-refractivity contribution in [2.75, 3.05) is 26.2 Å². The van der Waals surface area contributed by atoms with Crippen LogP contribution in [-0.4, -0.2) is 64.7 Å². The van der Waals surface area contributed by atoms with Gasteiger partial charge in [-0.05, 0) is 41.5 Å². The minimum Gasteiger partial charge on any atom is -0.512 e. The topological polar surface area (TPSA) is 91.5 Å². The molecule has 8 heteroatoms. The normalized spacial score (nSPS) is 19.6. The Morgan fingerprint density at radius 3 is 2.42 bits per heavy atom. The molecular formula is C28H28ClFN4O2. The summed E-state index contributed by atoms with van der Waals surface area (Å²) in [4.78, 5) is 15.5. The summed E-state index contributed by atoms with van der Waals surface area (Å²) >= 11 is 6.62. The van der Waals surface area contributed by atoms with E-state index >= 15 is 0 Å². The average molecular weight is 507 g/mol. The average Bonchev–Trinajstić information content (AvgIpc) is 2.89. The molecule has 1 saturated heterocycles. The molecule has 1 aliphatic heterocycles. The largest absolute Gasteiger partial charge is 0.512 e. The quantitative estimate of drug-likeness (QED) is 0.291. The number of alkyl halides is 1. The number of amides is 1. The van der Waals surface area contributed by atoms with Gasteiger partial charge in [-0.3, -0.25) is 10.2 Å². The number of hydrogen-bond donors (Lipinski definition) is 3. The van der Waals surface area contributed by atoms with Crippen LogP contribution in [-0.2, 0) is 11.2 Å². The molecule has 2 aromatic carbocycles. The Bertz CT molecular complexity index is 1250. The fourth-order valence-corrected chi connectivity index (χ4v) is 4.87. The number of halogens is 2. The molecule has 1 amide bonds. The van der Waals surface area contributed by atoms with Gasteiger partial charge in [-0.1, -0.05) is 54.6 Å². The van der Waals surface area contributed by atoms with Gasteiger partial charge in [0.1, 0.15) is 17.8 Å². The fourth-order valence-electron chi connectivity index (χ4n) is 4.59. The number of piperazine rings is 1. The van der Waals surface area contributed by atoms with Crippen molar-refractivity contribution in [3.05, 3.63) is 106 Å². The summed E-state index contributed by atoms with van der Waals surface area (Å²) in [7, 11) is 0. The van der Waals surface area contributed by atoms with E-state index in [1.807, 2.05) is 35.2 Å². The number of hydrogen-bond acceptors (Lipinski definition) is 4. The Hall–Kier alpha value is -3.71. The van der Waals surface area contributed by atoms with Gasteiger partial charge in [-0.2, -0.15) is 0 Å². The molecule has 36 heavy (non-hydrogen) atoms. The number of allylic oxidation sites excluding steroid dienone is 4. The highest BCUT2D eigenvalue weighted by Crippen LogP contribution is 2.38. The maximum Gasteiger partial charge on any atom is 0.246 e. The first-order valence-corrected chi connectivity index (χ1v) is 12.1. The molecule has 1 fully saturated rings. The van der Waals surface area contributed by atoms with E-state index < -0.39 is 12.1 Å². The number of carbonyl (C=O) groups excluding carboxylic acids is 1. The molecule has 6 nitrogen and oxygen atoms in total. The first kappa shape index (κ1) is 25.4. The van der Waals surface area contributed by atoms with Crippen LogP contribution in [0.1, 0.15) is 28.2 Å². The van der Waals surface area contributed by atoms with Crippen molar-refractivity contribution in [2.45, 2.75) is 18.5 Å². The van der Waals surface area contributed by atoms with Gasteiger partial charge in [0.15, 0.2) is 0 Å². The monoisotopic (exact) mass is 506 g/mol. The zero-order valence-corrected chi connectivity index (χ0v) is 20.5. The number of nitrogens with zero attached hydrogens (tertiary/aromatic N) is 2. The summed E-state index contributed by atoms with van der Waals surface area (Å²) in [5.74, 6) is -1.09. The van der Waals surface area contributed by atoms with E-state index in [-0.39, 0.29) is 28.2 Å². The molecule has 0 radical (unpaired) electrons. The molecule has 4 rings (SSSR count). The molecule has 2 atom stereocenters. The van der Waals surface area contributed by atoms with Crippen LogP contribution >= 0.6 is 11.6 Å². The molecule has 0 bridgehead atoms. The molecule has 0 saturated carbocycles. The predicted molar refractivity (Wildman–Crippen MR) is 141 cm³/mol. The van der Waals surface area contributed by atoms with Gasteiger partial charge in [0.25, 0.3) is 0 Å². The molecule has 2 aromatic rings. The van der Waals surface area contributed by atoms with Crippen molar-refractivity contribution in [3.63, 3.8) is 0 Å². The fraction of sp³-hybridized carbons (Fsp3) is 0.250. The first-order chi connectivity index (χ1) is 17.3. The Morgan fingerprint density at radius 2 is 1.78 bits per heavy atom. The lowest BCUT2D eigenvalue weighted by Gasteiger charge is -2.36. The van der Waals surface area contributed by atoms with E-state index in [0.29, 0.717) is 49.3 Å². The van der Waals surface area contributed by atoms with Gasteiger partial charge < -0.3 is 20.3 Å². The van der Waals surface area contributed by atoms with Crippen LogP contribution in [0.25, 0.3) is 0 Å². The third-order valence-corrected chi connectivity index (χ3v) is 6.88. The minimum atomic E-state index is -1.47. The maximum absolute atomic E-state index is 14.8. The van der Waals surface area contributed by atoms with Crippen molar-refractivity contribution < 1.29 is 14.3 Å². The van der Waals surface area contributed by atoms with E-state index in [4.69, 9.17) is 22.4 Å². The third-order valence-electron chi connectivity index (χ3n) is 6.56. The van der Waals surface area contributed by atoms with Gasteiger partial charge in [0, 0.05) is 54.5 Å². The minimum absolute atomic E-state index is 0.140. The molecule has 2 unspecified atom stereocenters. The molecule has 186 valence electrons. The van der Waals surface area contributed by atoms with Crippen molar-refractivity contribution in [1.82, 2.24) is 9.80 Å². The molecule has 1 heterocycles. The van der Waals surface area contributed by atoms with Crippen LogP contribution in [0, 0.1) is 10.8 Å². The summed E-state index contributed by atoms with van der Waals surface area (Å²) in [5.41, 5.74) is 2.47. The van der Waals surface area contributed by atoms with Crippen LogP contribution in [0.4, 0.5) is 4.39 Å². The molecule has 0 spiro atoms. The van der Waals surface area contributed by atoms with E-state index in [2.05, 4.69) is 6.58 Å². The first-order valence-electron chi connectivity index (χ1n) is 11.7. The Balaban J connectivity index is 1.70. The summed E-state index contributed by atoms with van der Waals surface area (Å²) in [6, 6.07) is 12.8. The van der Waals surface area contributed by atoms with Crippen molar-refractivity contribution in [1.29, 1.82) is 10.8 Å². The van der Waals surface area contributed by atoms with Crippen LogP contribution in [0.5, 0.6) is 0 Å². The molecular weight excluding hydrogens is 479 g/mol.